The van der Waals surface area contributed by atoms with Gasteiger partial charge in [-0.1, -0.05) is 103 Å². The van der Waals surface area contributed by atoms with Gasteiger partial charge in [-0.2, -0.15) is 15.0 Å². The summed E-state index contributed by atoms with van der Waals surface area (Å²) in [4.78, 5) is 106. The van der Waals surface area contributed by atoms with Gasteiger partial charge < -0.3 is 53.1 Å². The first kappa shape index (κ1) is 89.5. The Morgan fingerprint density at radius 3 is 1.14 bits per heavy atom. The second-order valence-corrected chi connectivity index (χ2v) is 35.3. The maximum absolute atomic E-state index is 15.2. The van der Waals surface area contributed by atoms with E-state index < -0.39 is 34.9 Å². The van der Waals surface area contributed by atoms with Gasteiger partial charge in [-0.25, -0.2) is 31.9 Å². The summed E-state index contributed by atoms with van der Waals surface area (Å²) in [6.07, 6.45) is 3.89. The fraction of sp³-hybridized carbons (Fsp3) is 0.400. The van der Waals surface area contributed by atoms with Gasteiger partial charge in [-0.3, -0.25) is 28.1 Å². The quantitative estimate of drug-likeness (QED) is 0.0337. The number of halogens is 9. The highest BCUT2D eigenvalue weighted by atomic mass is 35.5. The zero-order chi connectivity index (χ0) is 86.1. The Balaban J connectivity index is 0.000000156. The summed E-state index contributed by atoms with van der Waals surface area (Å²) in [6.45, 7) is 29.0. The van der Waals surface area contributed by atoms with Crippen LogP contribution in [0.2, 0.25) is 25.1 Å². The number of benzene rings is 6. The SMILES string of the molecule is C=CC(=O)N1[C@H](C)CN(c2nc(=O)n3c4c(c(-c5cc(Cl)c(F)cc5F)c(Cl)cc24)SCC(OCOC)C3)C[C@@H]1C.C=CC(=O)N1[C@H](C)CN(c2nc(=O)n3c4c(c(-c5ccc(F)c(Cl)c5)c(Cl)cc24)SCC(OCOC)C3)C[C@@H]1C.C=CC(=O)N1[C@H](C)CN(c2nc(=O)n3c4c(c(-c5ccc(F)cc5)c(Cl)cc24)SCC(OCCC)C3)C[C@@H]1C. The van der Waals surface area contributed by atoms with E-state index >= 15 is 4.39 Å². The lowest BCUT2D eigenvalue weighted by molar-refractivity contribution is -0.131. The molecule has 9 atom stereocenters. The van der Waals surface area contributed by atoms with Crippen LogP contribution in [0.3, 0.4) is 0 Å². The van der Waals surface area contributed by atoms with Gasteiger partial charge in [0.1, 0.15) is 54.3 Å². The third-order valence-electron chi connectivity index (χ3n) is 21.8. The molecule has 6 aliphatic heterocycles. The summed E-state index contributed by atoms with van der Waals surface area (Å²) >= 11 is 37.4. The second-order valence-electron chi connectivity index (χ2n) is 30.2. The Morgan fingerprint density at radius 2 is 0.783 bits per heavy atom. The molecule has 23 nitrogen and oxygen atoms in total. The summed E-state index contributed by atoms with van der Waals surface area (Å²) in [5.41, 5.74) is 3.78. The molecule has 636 valence electrons. The molecule has 6 aromatic carbocycles. The van der Waals surface area contributed by atoms with Gasteiger partial charge in [-0.05, 0) is 126 Å². The Morgan fingerprint density at radius 1 is 0.442 bits per heavy atom. The van der Waals surface area contributed by atoms with E-state index in [4.69, 9.17) is 81.7 Å². The molecule has 3 saturated heterocycles. The summed E-state index contributed by atoms with van der Waals surface area (Å²) < 4.78 is 89.9. The van der Waals surface area contributed by atoms with Crippen LogP contribution in [-0.2, 0) is 57.7 Å². The molecule has 9 aromatic rings. The largest absolute Gasteiger partial charge is 0.375 e. The molecule has 35 heteroatoms. The third-order valence-corrected chi connectivity index (χ3v) is 27.0. The number of carbonyl (C=O) groups is 3. The molecule has 120 heavy (non-hydrogen) atoms. The lowest BCUT2D eigenvalue weighted by Gasteiger charge is -2.44. The molecule has 3 unspecified atom stereocenters. The first-order chi connectivity index (χ1) is 57.4. The number of amides is 3. The van der Waals surface area contributed by atoms with E-state index in [-0.39, 0.29) is 125 Å². The Bertz CT molecular complexity index is 5690. The number of rotatable bonds is 18. The number of methoxy groups -OCH3 is 2. The molecule has 0 bridgehead atoms. The minimum Gasteiger partial charge on any atom is -0.375 e. The zero-order valence-electron chi connectivity index (χ0n) is 67.3. The average molecular weight is 1800 g/mol. The number of thioether (sulfide) groups is 3. The van der Waals surface area contributed by atoms with Crippen molar-refractivity contribution >= 4 is 161 Å². The van der Waals surface area contributed by atoms with Crippen LogP contribution in [0.15, 0.2) is 140 Å². The van der Waals surface area contributed by atoms with Gasteiger partial charge >= 0.3 is 17.1 Å². The Labute approximate surface area is 728 Å². The van der Waals surface area contributed by atoms with Crippen molar-refractivity contribution in [3.05, 3.63) is 191 Å². The van der Waals surface area contributed by atoms with E-state index in [2.05, 4.69) is 46.5 Å². The van der Waals surface area contributed by atoms with Crippen LogP contribution < -0.4 is 31.8 Å². The first-order valence-electron chi connectivity index (χ1n) is 38.9. The van der Waals surface area contributed by atoms with Crippen molar-refractivity contribution in [2.75, 3.05) is 106 Å². The number of carbonyl (C=O) groups excluding carboxylic acids is 3. The van der Waals surface area contributed by atoms with Crippen LogP contribution >= 0.6 is 93.3 Å². The molecule has 0 radical (unpaired) electrons. The van der Waals surface area contributed by atoms with Gasteiger partial charge in [0.2, 0.25) is 17.7 Å². The van der Waals surface area contributed by atoms with E-state index in [1.807, 2.05) is 62.3 Å². The standard InChI is InChI=1S/C29H32ClFN4O3S.C28H28Cl2F2N4O4S.C28H29Cl2FN4O4S/c1-5-11-38-21-15-34-26-22(12-23(30)25(27(26)39-16-21)19-7-9-20(31)10-8-19)28(32-29(34)37)33-13-17(3)35(18(4)14-33)24(36)6-2;1-5-23(37)36-14(2)9-34(10-15(36)3)27-18-7-20(30)24(17-6-19(29)22(32)8-21(17)31)26-25(18)35(28(38)33-27)11-16(12-41-26)40-13-39-4;1-5-23(36)35-15(2)10-33(11-16(35)3)27-19-9-21(30)24(17-6-7-22(31)20(29)8-17)26-25(19)34(28(37)32-27)12-18(13-40-26)39-14-38-4/h6-10,12,17-18,21H,2,5,11,13-16H2,1,3-4H3;5-8,14-16H,1,9-13H2,2-4H3;5-9,15-16,18H,1,10-14H2,2-4H3/t17-,18+,21?;14-,15+,16?;15-,16+,18?. The fourth-order valence-corrected chi connectivity index (χ4v) is 22.1. The second kappa shape index (κ2) is 38.3. The molecule has 3 fully saturated rings. The van der Waals surface area contributed by atoms with E-state index in [9.17, 15) is 41.9 Å². The van der Waals surface area contributed by atoms with Crippen molar-refractivity contribution in [1.29, 1.82) is 0 Å². The predicted molar refractivity (Wildman–Crippen MR) is 469 cm³/mol. The van der Waals surface area contributed by atoms with Crippen LogP contribution in [0, 0.1) is 23.3 Å². The summed E-state index contributed by atoms with van der Waals surface area (Å²) in [5, 5.41) is 2.89. The average Bonchev–Trinajstić information content (AvgIpc) is 1.25. The minimum atomic E-state index is -0.892. The monoisotopic (exact) mass is 1800 g/mol. The van der Waals surface area contributed by atoms with Gasteiger partial charge in [0.25, 0.3) is 0 Å². The molecule has 0 saturated carbocycles. The van der Waals surface area contributed by atoms with Crippen molar-refractivity contribution in [1.82, 2.24) is 43.4 Å². The maximum atomic E-state index is 15.2. The van der Waals surface area contributed by atoms with Crippen LogP contribution in [-0.4, -0.2) is 207 Å². The zero-order valence-corrected chi connectivity index (χ0v) is 73.5. The number of nitrogens with zero attached hydrogens (tertiary/aromatic N) is 12. The molecule has 3 amide bonds. The molecular formula is C85H89Cl5F4N12O11S3. The number of anilines is 3. The number of hydrogen-bond acceptors (Lipinski definition) is 20. The third kappa shape index (κ3) is 18.1. The Kier molecular flexibility index (Phi) is 28.6. The van der Waals surface area contributed by atoms with E-state index in [1.165, 1.54) is 83.8 Å². The highest BCUT2D eigenvalue weighted by Crippen LogP contribution is 2.51. The molecular weight excluding hydrogens is 1710 g/mol. The molecule has 6 aliphatic rings. The number of aromatic nitrogens is 6. The van der Waals surface area contributed by atoms with E-state index in [0.717, 1.165) is 38.2 Å². The predicted octanol–water partition coefficient (Wildman–Crippen LogP) is 15.9. The van der Waals surface area contributed by atoms with Crippen molar-refractivity contribution in [3.63, 3.8) is 0 Å². The first-order valence-corrected chi connectivity index (χ1v) is 43.7. The Hall–Kier alpha value is -8.21. The molecule has 0 spiro atoms. The van der Waals surface area contributed by atoms with Crippen LogP contribution in [0.4, 0.5) is 35.0 Å². The van der Waals surface area contributed by atoms with Gasteiger partial charge in [0.15, 0.2) is 0 Å². The van der Waals surface area contributed by atoms with Crippen molar-refractivity contribution in [3.8, 4) is 33.4 Å². The van der Waals surface area contributed by atoms with E-state index in [1.54, 1.807) is 68.1 Å². The number of ether oxygens (including phenoxy) is 5. The normalized spacial score (nSPS) is 21.0. The minimum absolute atomic E-state index is 0.0122. The summed E-state index contributed by atoms with van der Waals surface area (Å²) in [5.74, 6) is 0.0151. The van der Waals surface area contributed by atoms with E-state index in [0.29, 0.717) is 147 Å². The highest BCUT2D eigenvalue weighted by molar-refractivity contribution is 8.00. The van der Waals surface area contributed by atoms with Gasteiger partial charge in [-0.15, -0.1) is 35.3 Å². The topological polar surface area (TPSA) is 221 Å². The van der Waals surface area contributed by atoms with Crippen molar-refractivity contribution in [2.24, 2.45) is 0 Å². The highest BCUT2D eigenvalue weighted by Gasteiger charge is 2.40. The lowest BCUT2D eigenvalue weighted by Crippen LogP contribution is -2.58. The van der Waals surface area contributed by atoms with Gasteiger partial charge in [0, 0.05) is 173 Å². The van der Waals surface area contributed by atoms with Crippen molar-refractivity contribution in [2.45, 2.75) is 144 Å². The molecule has 0 aliphatic carbocycles. The fourth-order valence-electron chi connectivity index (χ4n) is 16.8. The summed E-state index contributed by atoms with van der Waals surface area (Å²) in [7, 11) is 3.04. The van der Waals surface area contributed by atoms with Crippen molar-refractivity contribution < 1.29 is 55.6 Å². The maximum Gasteiger partial charge on any atom is 0.350 e. The van der Waals surface area contributed by atoms with Crippen LogP contribution in [0.5, 0.6) is 0 Å². The summed E-state index contributed by atoms with van der Waals surface area (Å²) in [6, 6.07) is 17.1. The molecule has 0 N–H and O–H groups in total. The van der Waals surface area contributed by atoms with Gasteiger partial charge in [0.05, 0.1) is 79.6 Å². The van der Waals surface area contributed by atoms with Crippen LogP contribution in [0.25, 0.3) is 66.1 Å². The van der Waals surface area contributed by atoms with Crippen LogP contribution in [0.1, 0.15) is 54.9 Å². The smallest absolute Gasteiger partial charge is 0.350 e. The molecule has 9 heterocycles. The molecule has 15 rings (SSSR count). The number of hydrogen-bond donors (Lipinski definition) is 0. The lowest BCUT2D eigenvalue weighted by atomic mass is 10.0. The number of piperazine rings is 3. The molecule has 3 aromatic heterocycles.